The first kappa shape index (κ1) is 13.9. The van der Waals surface area contributed by atoms with Crippen LogP contribution in [0.5, 0.6) is 0 Å². The molecule has 20 heavy (non-hydrogen) atoms. The fraction of sp³-hybridized carbons (Fsp3) is 0.722. The quantitative estimate of drug-likeness (QED) is 0.783. The van der Waals surface area contributed by atoms with Crippen LogP contribution < -0.4 is 0 Å². The van der Waals surface area contributed by atoms with Gasteiger partial charge in [0.2, 0.25) is 0 Å². The van der Waals surface area contributed by atoms with Crippen LogP contribution >= 0.6 is 0 Å². The van der Waals surface area contributed by atoms with Crippen LogP contribution in [0, 0.1) is 5.92 Å². The summed E-state index contributed by atoms with van der Waals surface area (Å²) in [6.07, 6.45) is 11.9. The van der Waals surface area contributed by atoms with Gasteiger partial charge in [0.25, 0.3) is 0 Å². The summed E-state index contributed by atoms with van der Waals surface area (Å²) in [4.78, 5) is 12.9. The third-order valence-electron chi connectivity index (χ3n) is 5.43. The normalized spacial score (nSPS) is 22.8. The van der Waals surface area contributed by atoms with Crippen molar-refractivity contribution in [1.29, 1.82) is 0 Å². The van der Waals surface area contributed by atoms with Crippen molar-refractivity contribution in [2.24, 2.45) is 5.92 Å². The summed E-state index contributed by atoms with van der Waals surface area (Å²) >= 11 is 0. The molecule has 2 fully saturated rings. The molecule has 0 unspecified atom stereocenters. The van der Waals surface area contributed by atoms with Crippen LogP contribution in [0.25, 0.3) is 0 Å². The van der Waals surface area contributed by atoms with Gasteiger partial charge in [-0.15, -0.1) is 0 Å². The van der Waals surface area contributed by atoms with Crippen LogP contribution in [0.4, 0.5) is 0 Å². The minimum Gasteiger partial charge on any atom is -0.338 e. The number of rotatable bonds is 4. The molecule has 0 spiro atoms. The zero-order valence-corrected chi connectivity index (χ0v) is 12.9. The molecule has 0 atom stereocenters. The summed E-state index contributed by atoms with van der Waals surface area (Å²) in [6.45, 7) is 4.11. The minimum atomic E-state index is -0.227. The molecule has 0 radical (unpaired) electrons. The topological polar surface area (TPSA) is 22.0 Å². The van der Waals surface area contributed by atoms with Crippen LogP contribution in [0.15, 0.2) is 18.3 Å². The second-order valence-electron chi connectivity index (χ2n) is 7.04. The largest absolute Gasteiger partial charge is 0.338 e. The van der Waals surface area contributed by atoms with Gasteiger partial charge >= 0.3 is 0 Å². The Morgan fingerprint density at radius 2 is 1.85 bits per heavy atom. The van der Waals surface area contributed by atoms with E-state index in [-0.39, 0.29) is 11.5 Å². The smallest absolute Gasteiger partial charge is 0.161 e. The van der Waals surface area contributed by atoms with E-state index in [4.69, 9.17) is 0 Å². The molecule has 1 heterocycles. The predicted octanol–water partition coefficient (Wildman–Crippen LogP) is 4.64. The van der Waals surface area contributed by atoms with Gasteiger partial charge in [0.15, 0.2) is 5.78 Å². The summed E-state index contributed by atoms with van der Waals surface area (Å²) in [7, 11) is 0. The highest BCUT2D eigenvalue weighted by molar-refractivity contribution is 5.88. The zero-order valence-electron chi connectivity index (χ0n) is 12.9. The molecule has 1 aromatic heterocycles. The number of ketones is 1. The van der Waals surface area contributed by atoms with E-state index in [0.29, 0.717) is 11.7 Å². The van der Waals surface area contributed by atoms with Crippen molar-refractivity contribution in [2.45, 2.75) is 76.7 Å². The van der Waals surface area contributed by atoms with Crippen molar-refractivity contribution in [1.82, 2.24) is 4.57 Å². The molecule has 0 bridgehead atoms. The monoisotopic (exact) mass is 273 g/mol. The highest BCUT2D eigenvalue weighted by Crippen LogP contribution is 2.43. The Morgan fingerprint density at radius 3 is 2.45 bits per heavy atom. The van der Waals surface area contributed by atoms with Gasteiger partial charge in [0, 0.05) is 17.8 Å². The third-order valence-corrected chi connectivity index (χ3v) is 5.43. The molecule has 0 amide bonds. The Morgan fingerprint density at radius 1 is 1.20 bits per heavy atom. The second kappa shape index (κ2) is 5.38. The van der Waals surface area contributed by atoms with E-state index in [1.54, 1.807) is 0 Å². The maximum Gasteiger partial charge on any atom is 0.161 e. The van der Waals surface area contributed by atoms with Crippen LogP contribution in [-0.2, 0) is 10.3 Å². The maximum absolute atomic E-state index is 12.9. The summed E-state index contributed by atoms with van der Waals surface area (Å²) in [5.41, 5.74) is 1.20. The molecular formula is C18H27NO. The van der Waals surface area contributed by atoms with E-state index in [2.05, 4.69) is 36.7 Å². The second-order valence-corrected chi connectivity index (χ2v) is 7.04. The van der Waals surface area contributed by atoms with E-state index in [1.807, 2.05) is 0 Å². The zero-order chi connectivity index (χ0) is 14.2. The lowest BCUT2D eigenvalue weighted by Crippen LogP contribution is -2.42. The minimum absolute atomic E-state index is 0.131. The number of carbonyl (C=O) groups excluding carboxylic acids is 1. The number of carbonyl (C=O) groups is 1. The summed E-state index contributed by atoms with van der Waals surface area (Å²) in [5, 5.41) is 0. The summed E-state index contributed by atoms with van der Waals surface area (Å²) in [6, 6.07) is 4.42. The van der Waals surface area contributed by atoms with E-state index < -0.39 is 0 Å². The predicted molar refractivity (Wildman–Crippen MR) is 81.9 cm³/mol. The average Bonchev–Trinajstić information content (AvgIpc) is 3.16. The fourth-order valence-electron chi connectivity index (χ4n) is 4.44. The van der Waals surface area contributed by atoms with Crippen molar-refractivity contribution in [2.75, 3.05) is 0 Å². The Bertz CT molecular complexity index is 473. The van der Waals surface area contributed by atoms with Gasteiger partial charge in [-0.2, -0.15) is 0 Å². The SMILES string of the molecule is CC(C)C(=O)C1(n2cccc2C2CCCC2)CCCC1. The Labute approximate surface area is 122 Å². The number of aromatic nitrogens is 1. The lowest BCUT2D eigenvalue weighted by molar-refractivity contribution is -0.130. The first-order valence-corrected chi connectivity index (χ1v) is 8.37. The Hall–Kier alpha value is -1.05. The van der Waals surface area contributed by atoms with E-state index in [1.165, 1.54) is 44.2 Å². The first-order valence-electron chi connectivity index (χ1n) is 8.37. The number of hydrogen-bond donors (Lipinski definition) is 0. The molecule has 2 nitrogen and oxygen atoms in total. The van der Waals surface area contributed by atoms with Gasteiger partial charge in [0.05, 0.1) is 0 Å². The summed E-state index contributed by atoms with van der Waals surface area (Å²) < 4.78 is 2.39. The Balaban J connectivity index is 2.00. The average molecular weight is 273 g/mol. The molecule has 0 aromatic carbocycles. The van der Waals surface area contributed by atoms with Gasteiger partial charge in [-0.1, -0.05) is 39.5 Å². The fourth-order valence-corrected chi connectivity index (χ4v) is 4.44. The molecule has 110 valence electrons. The molecule has 2 heteroatoms. The molecule has 0 saturated heterocycles. The molecule has 0 N–H and O–H groups in total. The van der Waals surface area contributed by atoms with Crippen molar-refractivity contribution >= 4 is 5.78 Å². The van der Waals surface area contributed by atoms with Gasteiger partial charge in [-0.3, -0.25) is 4.79 Å². The lowest BCUT2D eigenvalue weighted by atomic mass is 9.84. The van der Waals surface area contributed by atoms with Gasteiger partial charge in [-0.05, 0) is 43.7 Å². The standard InChI is InChI=1S/C18H27NO/c1-14(2)17(20)18(11-5-6-12-18)19-13-7-10-16(19)15-8-3-4-9-15/h7,10,13-15H,3-6,8-9,11-12H2,1-2H3. The molecular weight excluding hydrogens is 246 g/mol. The maximum atomic E-state index is 12.9. The van der Waals surface area contributed by atoms with E-state index in [0.717, 1.165) is 12.8 Å². The number of hydrogen-bond acceptors (Lipinski definition) is 1. The molecule has 0 aliphatic heterocycles. The third kappa shape index (κ3) is 2.13. The van der Waals surface area contributed by atoms with Crippen LogP contribution in [-0.4, -0.2) is 10.4 Å². The molecule has 2 aliphatic carbocycles. The molecule has 1 aromatic rings. The first-order chi connectivity index (χ1) is 9.65. The van der Waals surface area contributed by atoms with E-state index in [9.17, 15) is 4.79 Å². The number of nitrogens with zero attached hydrogens (tertiary/aromatic N) is 1. The molecule has 2 saturated carbocycles. The van der Waals surface area contributed by atoms with Crippen molar-refractivity contribution in [3.8, 4) is 0 Å². The van der Waals surface area contributed by atoms with Gasteiger partial charge < -0.3 is 4.57 Å². The van der Waals surface area contributed by atoms with Crippen molar-refractivity contribution in [3.63, 3.8) is 0 Å². The highest BCUT2D eigenvalue weighted by atomic mass is 16.1. The lowest BCUT2D eigenvalue weighted by Gasteiger charge is -2.34. The molecule has 3 rings (SSSR count). The van der Waals surface area contributed by atoms with Crippen LogP contribution in [0.2, 0.25) is 0 Å². The van der Waals surface area contributed by atoms with Gasteiger partial charge in [-0.25, -0.2) is 0 Å². The van der Waals surface area contributed by atoms with Crippen LogP contribution in [0.3, 0.4) is 0 Å². The Kier molecular flexibility index (Phi) is 3.74. The summed E-state index contributed by atoms with van der Waals surface area (Å²) in [5.74, 6) is 1.26. The van der Waals surface area contributed by atoms with Crippen LogP contribution in [0.1, 0.15) is 76.8 Å². The number of Topliss-reactive ketones (excluding diaryl/α,β-unsaturated/α-hetero) is 1. The van der Waals surface area contributed by atoms with Crippen molar-refractivity contribution < 1.29 is 4.79 Å². The van der Waals surface area contributed by atoms with E-state index >= 15 is 0 Å². The highest BCUT2D eigenvalue weighted by Gasteiger charge is 2.44. The molecule has 2 aliphatic rings. The van der Waals surface area contributed by atoms with Crippen molar-refractivity contribution in [3.05, 3.63) is 24.0 Å². The van der Waals surface area contributed by atoms with Gasteiger partial charge in [0.1, 0.15) is 5.54 Å².